The Morgan fingerprint density at radius 1 is 1.00 bits per heavy atom. The Kier molecular flexibility index (Phi) is 4.41. The standard InChI is InChI=1S/C17H19NO2/c1-12-4-7-15(8-5-12)18-17(19)11-20-16-9-6-13(2)10-14(16)3/h4-10H,11H2,1-3H3,(H,18,19). The molecule has 104 valence electrons. The van der Waals surface area contributed by atoms with Crippen LogP contribution in [0.4, 0.5) is 5.69 Å². The van der Waals surface area contributed by atoms with Crippen molar-refractivity contribution in [2.24, 2.45) is 0 Å². The molecule has 0 bridgehead atoms. The monoisotopic (exact) mass is 269 g/mol. The van der Waals surface area contributed by atoms with E-state index in [0.717, 1.165) is 22.6 Å². The normalized spacial score (nSPS) is 10.2. The zero-order chi connectivity index (χ0) is 14.5. The van der Waals surface area contributed by atoms with Crippen LogP contribution in [0.2, 0.25) is 0 Å². The van der Waals surface area contributed by atoms with Crippen LogP contribution in [0.15, 0.2) is 42.5 Å². The highest BCUT2D eigenvalue weighted by Gasteiger charge is 2.05. The van der Waals surface area contributed by atoms with Crippen molar-refractivity contribution in [1.29, 1.82) is 0 Å². The first-order valence-electron chi connectivity index (χ1n) is 6.61. The molecule has 0 saturated heterocycles. The minimum Gasteiger partial charge on any atom is -0.483 e. The number of hydrogen-bond acceptors (Lipinski definition) is 2. The lowest BCUT2D eigenvalue weighted by molar-refractivity contribution is -0.118. The highest BCUT2D eigenvalue weighted by Crippen LogP contribution is 2.18. The fraction of sp³-hybridized carbons (Fsp3) is 0.235. The molecule has 0 atom stereocenters. The second-order valence-corrected chi connectivity index (χ2v) is 4.97. The van der Waals surface area contributed by atoms with Crippen molar-refractivity contribution >= 4 is 11.6 Å². The van der Waals surface area contributed by atoms with Crippen molar-refractivity contribution in [3.05, 3.63) is 59.2 Å². The van der Waals surface area contributed by atoms with Crippen molar-refractivity contribution in [3.63, 3.8) is 0 Å². The summed E-state index contributed by atoms with van der Waals surface area (Å²) in [5.41, 5.74) is 4.16. The number of rotatable bonds is 4. The van der Waals surface area contributed by atoms with Crippen LogP contribution in [-0.4, -0.2) is 12.5 Å². The van der Waals surface area contributed by atoms with Crippen molar-refractivity contribution in [2.45, 2.75) is 20.8 Å². The lowest BCUT2D eigenvalue weighted by Crippen LogP contribution is -2.20. The molecule has 0 saturated carbocycles. The Balaban J connectivity index is 1.90. The van der Waals surface area contributed by atoms with E-state index in [4.69, 9.17) is 4.74 Å². The Hall–Kier alpha value is -2.29. The molecule has 0 fully saturated rings. The molecule has 0 spiro atoms. The molecular weight excluding hydrogens is 250 g/mol. The quantitative estimate of drug-likeness (QED) is 0.920. The van der Waals surface area contributed by atoms with Gasteiger partial charge in [-0.05, 0) is 44.5 Å². The van der Waals surface area contributed by atoms with Gasteiger partial charge in [-0.15, -0.1) is 0 Å². The maximum atomic E-state index is 11.8. The van der Waals surface area contributed by atoms with Gasteiger partial charge < -0.3 is 10.1 Å². The number of hydrogen-bond donors (Lipinski definition) is 1. The van der Waals surface area contributed by atoms with Crippen LogP contribution in [0.25, 0.3) is 0 Å². The number of anilines is 1. The van der Waals surface area contributed by atoms with Gasteiger partial charge in [0.1, 0.15) is 5.75 Å². The number of carbonyl (C=O) groups is 1. The molecule has 1 N–H and O–H groups in total. The van der Waals surface area contributed by atoms with Gasteiger partial charge in [0, 0.05) is 5.69 Å². The minimum atomic E-state index is -0.158. The molecule has 0 aromatic heterocycles. The summed E-state index contributed by atoms with van der Waals surface area (Å²) in [4.78, 5) is 11.8. The first-order valence-corrected chi connectivity index (χ1v) is 6.61. The first-order chi connectivity index (χ1) is 9.54. The molecule has 20 heavy (non-hydrogen) atoms. The van der Waals surface area contributed by atoms with E-state index in [1.54, 1.807) is 0 Å². The molecule has 0 aliphatic heterocycles. The summed E-state index contributed by atoms with van der Waals surface area (Å²) in [6, 6.07) is 13.6. The summed E-state index contributed by atoms with van der Waals surface area (Å²) < 4.78 is 5.54. The van der Waals surface area contributed by atoms with Crippen LogP contribution in [-0.2, 0) is 4.79 Å². The summed E-state index contributed by atoms with van der Waals surface area (Å²) in [6.45, 7) is 6.02. The highest BCUT2D eigenvalue weighted by atomic mass is 16.5. The number of ether oxygens (including phenoxy) is 1. The smallest absolute Gasteiger partial charge is 0.262 e. The third-order valence-electron chi connectivity index (χ3n) is 3.02. The number of carbonyl (C=O) groups excluding carboxylic acids is 1. The largest absolute Gasteiger partial charge is 0.483 e. The van der Waals surface area contributed by atoms with Gasteiger partial charge >= 0.3 is 0 Å². The summed E-state index contributed by atoms with van der Waals surface area (Å²) in [7, 11) is 0. The maximum absolute atomic E-state index is 11.8. The molecule has 3 nitrogen and oxygen atoms in total. The van der Waals surface area contributed by atoms with E-state index in [2.05, 4.69) is 5.32 Å². The van der Waals surface area contributed by atoms with Gasteiger partial charge in [0.05, 0.1) is 0 Å². The van der Waals surface area contributed by atoms with E-state index in [1.165, 1.54) is 5.56 Å². The molecule has 2 aromatic carbocycles. The maximum Gasteiger partial charge on any atom is 0.262 e. The van der Waals surface area contributed by atoms with E-state index in [1.807, 2.05) is 63.2 Å². The molecular formula is C17H19NO2. The molecule has 0 aliphatic rings. The van der Waals surface area contributed by atoms with E-state index in [9.17, 15) is 4.79 Å². The summed E-state index contributed by atoms with van der Waals surface area (Å²) >= 11 is 0. The lowest BCUT2D eigenvalue weighted by atomic mass is 10.1. The Bertz CT molecular complexity index is 603. The van der Waals surface area contributed by atoms with Crippen molar-refractivity contribution in [3.8, 4) is 5.75 Å². The number of amides is 1. The zero-order valence-electron chi connectivity index (χ0n) is 12.1. The average Bonchev–Trinajstić information content (AvgIpc) is 2.40. The highest BCUT2D eigenvalue weighted by molar-refractivity contribution is 5.91. The van der Waals surface area contributed by atoms with Crippen LogP contribution in [0, 0.1) is 20.8 Å². The fourth-order valence-electron chi connectivity index (χ4n) is 1.94. The van der Waals surface area contributed by atoms with E-state index < -0.39 is 0 Å². The Morgan fingerprint density at radius 2 is 1.65 bits per heavy atom. The van der Waals surface area contributed by atoms with E-state index >= 15 is 0 Å². The summed E-state index contributed by atoms with van der Waals surface area (Å²) in [5.74, 6) is 0.587. The topological polar surface area (TPSA) is 38.3 Å². The Morgan fingerprint density at radius 3 is 2.30 bits per heavy atom. The molecule has 0 radical (unpaired) electrons. The van der Waals surface area contributed by atoms with Gasteiger partial charge in [-0.3, -0.25) is 4.79 Å². The lowest BCUT2D eigenvalue weighted by Gasteiger charge is -2.10. The predicted octanol–water partition coefficient (Wildman–Crippen LogP) is 3.63. The minimum absolute atomic E-state index is 0.0117. The second kappa shape index (κ2) is 6.24. The third kappa shape index (κ3) is 3.85. The van der Waals surface area contributed by atoms with Crippen LogP contribution in [0.3, 0.4) is 0 Å². The van der Waals surface area contributed by atoms with Gasteiger partial charge in [-0.1, -0.05) is 35.4 Å². The van der Waals surface area contributed by atoms with Gasteiger partial charge in [-0.2, -0.15) is 0 Å². The molecule has 3 heteroatoms. The number of benzene rings is 2. The van der Waals surface area contributed by atoms with Gasteiger partial charge in [0.2, 0.25) is 0 Å². The molecule has 0 unspecified atom stereocenters. The van der Waals surface area contributed by atoms with Gasteiger partial charge in [-0.25, -0.2) is 0 Å². The summed E-state index contributed by atoms with van der Waals surface area (Å²) in [6.07, 6.45) is 0. The molecule has 2 rings (SSSR count). The van der Waals surface area contributed by atoms with Crippen molar-refractivity contribution < 1.29 is 9.53 Å². The second-order valence-electron chi connectivity index (χ2n) is 4.97. The molecule has 0 aliphatic carbocycles. The molecule has 0 heterocycles. The van der Waals surface area contributed by atoms with Gasteiger partial charge in [0.25, 0.3) is 5.91 Å². The molecule has 2 aromatic rings. The first kappa shape index (κ1) is 14.1. The average molecular weight is 269 g/mol. The van der Waals surface area contributed by atoms with Crippen LogP contribution in [0.5, 0.6) is 5.75 Å². The summed E-state index contributed by atoms with van der Waals surface area (Å²) in [5, 5.41) is 2.81. The van der Waals surface area contributed by atoms with Crippen molar-refractivity contribution in [2.75, 3.05) is 11.9 Å². The van der Waals surface area contributed by atoms with Gasteiger partial charge in [0.15, 0.2) is 6.61 Å². The van der Waals surface area contributed by atoms with Crippen molar-refractivity contribution in [1.82, 2.24) is 0 Å². The van der Waals surface area contributed by atoms with Crippen LogP contribution in [0.1, 0.15) is 16.7 Å². The van der Waals surface area contributed by atoms with Crippen LogP contribution >= 0.6 is 0 Å². The van der Waals surface area contributed by atoms with Crippen LogP contribution < -0.4 is 10.1 Å². The third-order valence-corrected chi connectivity index (χ3v) is 3.02. The number of aryl methyl sites for hydroxylation is 3. The van der Waals surface area contributed by atoms with E-state index in [0.29, 0.717) is 0 Å². The Labute approximate surface area is 119 Å². The SMILES string of the molecule is Cc1ccc(NC(=O)COc2ccc(C)cc2C)cc1. The number of nitrogens with one attached hydrogen (secondary N) is 1. The zero-order valence-corrected chi connectivity index (χ0v) is 12.1. The fourth-order valence-corrected chi connectivity index (χ4v) is 1.94. The molecule has 1 amide bonds. The predicted molar refractivity (Wildman–Crippen MR) is 81.2 cm³/mol. The van der Waals surface area contributed by atoms with E-state index in [-0.39, 0.29) is 12.5 Å².